The Morgan fingerprint density at radius 3 is 1.55 bits per heavy atom. The van der Waals surface area contributed by atoms with Crippen LogP contribution in [0.1, 0.15) is 226 Å². The maximum absolute atomic E-state index is 12.0. The molecule has 0 aliphatic rings. The van der Waals surface area contributed by atoms with Crippen molar-refractivity contribution in [3.8, 4) is 0 Å². The van der Waals surface area contributed by atoms with Gasteiger partial charge in [0, 0.05) is 26.2 Å². The van der Waals surface area contributed by atoms with E-state index in [1.54, 1.807) is 11.8 Å². The van der Waals surface area contributed by atoms with Crippen molar-refractivity contribution in [2.45, 2.75) is 233 Å². The summed E-state index contributed by atoms with van der Waals surface area (Å²) in [5.41, 5.74) is 0. The molecule has 0 aromatic carbocycles. The Labute approximate surface area is 366 Å². The third-order valence-corrected chi connectivity index (χ3v) is 10.1. The highest BCUT2D eigenvalue weighted by Gasteiger charge is 2.07. The van der Waals surface area contributed by atoms with E-state index in [9.17, 15) is 9.90 Å². The van der Waals surface area contributed by atoms with Crippen molar-refractivity contribution in [3.63, 3.8) is 0 Å². The van der Waals surface area contributed by atoms with Crippen LogP contribution in [0.2, 0.25) is 0 Å². The molecule has 0 aromatic rings. The van der Waals surface area contributed by atoms with Gasteiger partial charge in [0.05, 0.1) is 6.61 Å². The van der Waals surface area contributed by atoms with Gasteiger partial charge in [-0.1, -0.05) is 148 Å². The summed E-state index contributed by atoms with van der Waals surface area (Å²) < 4.78 is 10.8. The first kappa shape index (κ1) is 61.4. The number of allylic oxidation sites excluding steroid dienone is 4. The van der Waals surface area contributed by atoms with Gasteiger partial charge in [0.2, 0.25) is 0 Å². The van der Waals surface area contributed by atoms with Crippen LogP contribution >= 0.6 is 11.8 Å². The molecule has 3 N–H and O–H groups in total. The van der Waals surface area contributed by atoms with Crippen molar-refractivity contribution < 1.29 is 29.6 Å². The maximum Gasteiger partial charge on any atom is 0.305 e. The molecule has 1 unspecified atom stereocenters. The van der Waals surface area contributed by atoms with Crippen molar-refractivity contribution in [3.05, 3.63) is 24.3 Å². The topological polar surface area (TPSA) is 99.5 Å². The zero-order valence-corrected chi connectivity index (χ0v) is 40.2. The minimum Gasteiger partial charge on any atom is -0.466 e. The van der Waals surface area contributed by atoms with Gasteiger partial charge in [0.1, 0.15) is 0 Å². The van der Waals surface area contributed by atoms with Crippen LogP contribution in [-0.2, 0) is 14.3 Å². The number of aliphatic hydroxyl groups is 3. The highest BCUT2D eigenvalue weighted by molar-refractivity contribution is 7.97. The summed E-state index contributed by atoms with van der Waals surface area (Å²) in [4.78, 5) is 14.5. The van der Waals surface area contributed by atoms with Gasteiger partial charge < -0.3 is 29.7 Å². The summed E-state index contributed by atoms with van der Waals surface area (Å²) in [6.45, 7) is 11.6. The monoisotopic (exact) mass is 844 g/mol. The van der Waals surface area contributed by atoms with Gasteiger partial charge >= 0.3 is 5.97 Å². The predicted molar refractivity (Wildman–Crippen MR) is 256 cm³/mol. The number of thioether (sulfide) groups is 1. The molecule has 348 valence electrons. The molecule has 58 heavy (non-hydrogen) atoms. The Morgan fingerprint density at radius 1 is 0.534 bits per heavy atom. The number of rotatable bonds is 43. The lowest BCUT2D eigenvalue weighted by Gasteiger charge is -2.22. The van der Waals surface area contributed by atoms with Crippen LogP contribution in [0, 0.1) is 0 Å². The number of carbonyl (C=O) groups excluding carboxylic acids is 1. The fourth-order valence-corrected chi connectivity index (χ4v) is 6.47. The SMILES string of the molecule is CCCCC/C=C\C/C=C\CCCCCCCC(=O)OCCCCN(CCCCO)CCCCCCO.CCCCCCCCOC(O)CCCCCCC.CSC. The van der Waals surface area contributed by atoms with E-state index >= 15 is 0 Å². The van der Waals surface area contributed by atoms with Gasteiger partial charge in [-0.15, -0.1) is 0 Å². The minimum absolute atomic E-state index is 0.0469. The van der Waals surface area contributed by atoms with E-state index < -0.39 is 6.29 Å². The number of hydrogen-bond acceptors (Lipinski definition) is 8. The lowest BCUT2D eigenvalue weighted by Crippen LogP contribution is -2.27. The fourth-order valence-electron chi connectivity index (χ4n) is 6.47. The summed E-state index contributed by atoms with van der Waals surface area (Å²) in [6.07, 6.45) is 49.1. The van der Waals surface area contributed by atoms with Crippen molar-refractivity contribution in [2.75, 3.05) is 58.6 Å². The molecule has 8 heteroatoms. The number of aliphatic hydroxyl groups excluding tert-OH is 3. The summed E-state index contributed by atoms with van der Waals surface area (Å²) in [5.74, 6) is -0.0469. The zero-order chi connectivity index (χ0) is 43.3. The van der Waals surface area contributed by atoms with Crippen LogP contribution in [0.4, 0.5) is 0 Å². The molecule has 0 aliphatic carbocycles. The molecule has 0 radical (unpaired) electrons. The average molecular weight is 844 g/mol. The second-order valence-corrected chi connectivity index (χ2v) is 16.8. The number of ether oxygens (including phenoxy) is 2. The van der Waals surface area contributed by atoms with E-state index in [-0.39, 0.29) is 19.2 Å². The van der Waals surface area contributed by atoms with Gasteiger partial charge in [-0.05, 0) is 128 Å². The van der Waals surface area contributed by atoms with Crippen molar-refractivity contribution in [1.82, 2.24) is 4.90 Å². The number of carbonyl (C=O) groups is 1. The van der Waals surface area contributed by atoms with Crippen LogP contribution in [0.5, 0.6) is 0 Å². The van der Waals surface area contributed by atoms with Crippen molar-refractivity contribution in [1.29, 1.82) is 0 Å². The van der Waals surface area contributed by atoms with Gasteiger partial charge in [-0.2, -0.15) is 11.8 Å². The molecular weight excluding hydrogens is 743 g/mol. The molecule has 0 aliphatic heterocycles. The first-order valence-electron chi connectivity index (χ1n) is 24.6. The molecule has 7 nitrogen and oxygen atoms in total. The number of esters is 1. The Balaban J connectivity index is -0.00000120. The number of nitrogens with zero attached hydrogens (tertiary/aromatic N) is 1. The maximum atomic E-state index is 12.0. The highest BCUT2D eigenvalue weighted by atomic mass is 32.2. The number of unbranched alkanes of at least 4 members (excludes halogenated alkanes) is 22. The second-order valence-electron chi connectivity index (χ2n) is 16.0. The summed E-state index contributed by atoms with van der Waals surface area (Å²) >= 11 is 1.75. The average Bonchev–Trinajstić information content (AvgIpc) is 3.22. The van der Waals surface area contributed by atoms with E-state index in [4.69, 9.17) is 19.7 Å². The lowest BCUT2D eigenvalue weighted by atomic mass is 10.1. The summed E-state index contributed by atoms with van der Waals surface area (Å²) in [6, 6.07) is 0. The van der Waals surface area contributed by atoms with E-state index in [1.807, 2.05) is 12.5 Å². The van der Waals surface area contributed by atoms with Crippen LogP contribution in [-0.4, -0.2) is 91.1 Å². The summed E-state index contributed by atoms with van der Waals surface area (Å²) in [7, 11) is 0. The van der Waals surface area contributed by atoms with Crippen LogP contribution in [0.15, 0.2) is 24.3 Å². The van der Waals surface area contributed by atoms with Gasteiger partial charge in [0.15, 0.2) is 6.29 Å². The molecule has 0 spiro atoms. The van der Waals surface area contributed by atoms with Crippen LogP contribution < -0.4 is 0 Å². The third-order valence-electron chi connectivity index (χ3n) is 10.1. The first-order valence-corrected chi connectivity index (χ1v) is 26.2. The normalized spacial score (nSPS) is 11.9. The first-order chi connectivity index (χ1) is 28.5. The molecule has 0 amide bonds. The third kappa shape index (κ3) is 59.4. The smallest absolute Gasteiger partial charge is 0.305 e. The minimum atomic E-state index is -0.526. The Morgan fingerprint density at radius 2 is 0.948 bits per heavy atom. The molecule has 0 heterocycles. The highest BCUT2D eigenvalue weighted by Crippen LogP contribution is 2.12. The Bertz CT molecular complexity index is 798. The quantitative estimate of drug-likeness (QED) is 0.0242. The van der Waals surface area contributed by atoms with Gasteiger partial charge in [-0.25, -0.2) is 0 Å². The van der Waals surface area contributed by atoms with Crippen molar-refractivity contribution in [2.24, 2.45) is 0 Å². The molecular formula is C50H101NO6S. The fraction of sp³-hybridized carbons (Fsp3) is 0.900. The molecule has 1 atom stereocenters. The van der Waals surface area contributed by atoms with Crippen molar-refractivity contribution >= 4 is 17.7 Å². The molecule has 0 aromatic heterocycles. The van der Waals surface area contributed by atoms with Crippen LogP contribution in [0.25, 0.3) is 0 Å². The van der Waals surface area contributed by atoms with E-state index in [1.165, 1.54) is 103 Å². The predicted octanol–water partition coefficient (Wildman–Crippen LogP) is 13.8. The van der Waals surface area contributed by atoms with Gasteiger partial charge in [-0.3, -0.25) is 4.79 Å². The molecule has 0 fully saturated rings. The summed E-state index contributed by atoms with van der Waals surface area (Å²) in [5, 5.41) is 27.6. The standard InChI is InChI=1S/C32H61NO4.C16H34O2.C2H6S/c1-2-3-4-5-6-7-8-9-10-11-12-13-14-15-18-25-32(36)37-31-24-21-28-33(27-20-23-30-35)26-19-16-17-22-29-34;1-3-5-7-9-11-13-15-18-16(17)14-12-10-8-6-4-2;1-3-2/h6-7,9-10,34-35H,2-5,8,11-31H2,1H3;16-17H,3-15H2,1-2H3;1-2H3/b7-6-,10-9-;;. The molecule has 0 rings (SSSR count). The lowest BCUT2D eigenvalue weighted by molar-refractivity contribution is -0.143. The molecule has 0 saturated carbocycles. The van der Waals surface area contributed by atoms with E-state index in [0.717, 1.165) is 123 Å². The molecule has 0 bridgehead atoms. The van der Waals surface area contributed by atoms with E-state index in [2.05, 4.69) is 50.0 Å². The molecule has 0 saturated heterocycles. The zero-order valence-electron chi connectivity index (χ0n) is 39.4. The van der Waals surface area contributed by atoms with E-state index in [0.29, 0.717) is 13.0 Å². The second kappa shape index (κ2) is 58.2. The van der Waals surface area contributed by atoms with Gasteiger partial charge in [0.25, 0.3) is 0 Å². The Hall–Kier alpha value is -0.900. The largest absolute Gasteiger partial charge is 0.466 e. The van der Waals surface area contributed by atoms with Crippen LogP contribution in [0.3, 0.4) is 0 Å². The Kier molecular flexibility index (Phi) is 61.6. The number of hydrogen-bond donors (Lipinski definition) is 3.